The molecule has 2 aromatic heterocycles. The van der Waals surface area contributed by atoms with Crippen molar-refractivity contribution in [2.24, 2.45) is 0 Å². The SMILES string of the molecule is COc1ccc2nc(-c3ccc(-c4noc(-c5ccc(C(F)(F)F)cc5)n4)cc3)[nH]c2c1. The van der Waals surface area contributed by atoms with Crippen molar-refractivity contribution in [1.82, 2.24) is 20.1 Å². The smallest absolute Gasteiger partial charge is 0.416 e. The molecule has 0 spiro atoms. The Labute approximate surface area is 179 Å². The van der Waals surface area contributed by atoms with E-state index in [0.29, 0.717) is 22.8 Å². The fourth-order valence-electron chi connectivity index (χ4n) is 3.29. The Morgan fingerprint density at radius 3 is 2.22 bits per heavy atom. The molecule has 5 rings (SSSR count). The lowest BCUT2D eigenvalue weighted by molar-refractivity contribution is -0.137. The predicted molar refractivity (Wildman–Crippen MR) is 112 cm³/mol. The van der Waals surface area contributed by atoms with Gasteiger partial charge < -0.3 is 14.2 Å². The van der Waals surface area contributed by atoms with E-state index in [-0.39, 0.29) is 5.89 Å². The Morgan fingerprint density at radius 2 is 1.53 bits per heavy atom. The van der Waals surface area contributed by atoms with Crippen LogP contribution in [-0.4, -0.2) is 27.2 Å². The molecule has 2 heterocycles. The second-order valence-electron chi connectivity index (χ2n) is 7.04. The molecule has 3 aromatic carbocycles. The lowest BCUT2D eigenvalue weighted by Crippen LogP contribution is -2.03. The lowest BCUT2D eigenvalue weighted by atomic mass is 10.1. The van der Waals surface area contributed by atoms with Gasteiger partial charge in [-0.25, -0.2) is 4.98 Å². The summed E-state index contributed by atoms with van der Waals surface area (Å²) in [4.78, 5) is 12.2. The van der Waals surface area contributed by atoms with E-state index in [9.17, 15) is 13.2 Å². The van der Waals surface area contributed by atoms with Crippen molar-refractivity contribution in [2.75, 3.05) is 7.11 Å². The van der Waals surface area contributed by atoms with Crippen molar-refractivity contribution < 1.29 is 22.4 Å². The molecular formula is C23H15F3N4O2. The number of hydrogen-bond donors (Lipinski definition) is 1. The van der Waals surface area contributed by atoms with Gasteiger partial charge in [-0.1, -0.05) is 29.4 Å². The summed E-state index contributed by atoms with van der Waals surface area (Å²) in [6, 6.07) is 17.6. The lowest BCUT2D eigenvalue weighted by Gasteiger charge is -2.05. The van der Waals surface area contributed by atoms with Crippen molar-refractivity contribution in [2.45, 2.75) is 6.18 Å². The van der Waals surface area contributed by atoms with E-state index in [0.717, 1.165) is 34.5 Å². The number of aromatic nitrogens is 4. The van der Waals surface area contributed by atoms with Crippen molar-refractivity contribution in [3.8, 4) is 40.0 Å². The summed E-state index contributed by atoms with van der Waals surface area (Å²) in [7, 11) is 1.61. The number of aromatic amines is 1. The molecule has 9 heteroatoms. The monoisotopic (exact) mass is 436 g/mol. The molecule has 0 saturated heterocycles. The summed E-state index contributed by atoms with van der Waals surface area (Å²) < 4.78 is 48.7. The van der Waals surface area contributed by atoms with Crippen LogP contribution in [0.15, 0.2) is 71.3 Å². The Morgan fingerprint density at radius 1 is 0.844 bits per heavy atom. The largest absolute Gasteiger partial charge is 0.497 e. The number of fused-ring (bicyclic) bond motifs is 1. The maximum absolute atomic E-state index is 12.7. The standard InChI is InChI=1S/C23H15F3N4O2/c1-31-17-10-11-18-19(12-17)28-20(27-18)13-2-4-14(5-3-13)21-29-22(32-30-21)15-6-8-16(9-7-15)23(24,25)26/h2-12H,1H3,(H,27,28). The predicted octanol–water partition coefficient (Wildman–Crippen LogP) is 5.97. The number of hydrogen-bond acceptors (Lipinski definition) is 5. The topological polar surface area (TPSA) is 76.8 Å². The van der Waals surface area contributed by atoms with E-state index >= 15 is 0 Å². The molecule has 0 atom stereocenters. The quantitative estimate of drug-likeness (QED) is 0.375. The van der Waals surface area contributed by atoms with Crippen LogP contribution in [0, 0.1) is 0 Å². The summed E-state index contributed by atoms with van der Waals surface area (Å²) in [5, 5.41) is 3.94. The van der Waals surface area contributed by atoms with Crippen molar-refractivity contribution in [3.63, 3.8) is 0 Å². The van der Waals surface area contributed by atoms with Gasteiger partial charge in [0.15, 0.2) is 0 Å². The van der Waals surface area contributed by atoms with Gasteiger partial charge >= 0.3 is 6.18 Å². The van der Waals surface area contributed by atoms with Crippen molar-refractivity contribution >= 4 is 11.0 Å². The van der Waals surface area contributed by atoms with Crippen LogP contribution >= 0.6 is 0 Å². The molecule has 0 aliphatic rings. The fourth-order valence-corrected chi connectivity index (χ4v) is 3.29. The number of methoxy groups -OCH3 is 1. The zero-order chi connectivity index (χ0) is 22.3. The number of H-pyrrole nitrogens is 1. The number of halogens is 3. The molecule has 0 saturated carbocycles. The molecule has 0 aliphatic heterocycles. The second-order valence-corrected chi connectivity index (χ2v) is 7.04. The highest BCUT2D eigenvalue weighted by Crippen LogP contribution is 2.31. The third-order valence-corrected chi connectivity index (χ3v) is 4.99. The molecule has 1 N–H and O–H groups in total. The van der Waals surface area contributed by atoms with Crippen LogP contribution in [0.25, 0.3) is 45.3 Å². The third-order valence-electron chi connectivity index (χ3n) is 4.99. The maximum atomic E-state index is 12.7. The minimum atomic E-state index is -4.40. The van der Waals surface area contributed by atoms with E-state index in [1.165, 1.54) is 12.1 Å². The average molecular weight is 436 g/mol. The zero-order valence-corrected chi connectivity index (χ0v) is 16.6. The summed E-state index contributed by atoms with van der Waals surface area (Å²) in [6.07, 6.45) is -4.40. The molecular weight excluding hydrogens is 421 g/mol. The third kappa shape index (κ3) is 3.68. The Bertz CT molecular complexity index is 1390. The summed E-state index contributed by atoms with van der Waals surface area (Å²) in [5.74, 6) is 1.92. The zero-order valence-electron chi connectivity index (χ0n) is 16.6. The van der Waals surface area contributed by atoms with E-state index in [1.807, 2.05) is 42.5 Å². The highest BCUT2D eigenvalue weighted by molar-refractivity contribution is 5.81. The number of rotatable bonds is 4. The number of imidazole rings is 1. The molecule has 0 fully saturated rings. The van der Waals surface area contributed by atoms with Crippen LogP contribution in [-0.2, 0) is 6.18 Å². The normalized spacial score (nSPS) is 11.8. The van der Waals surface area contributed by atoms with Gasteiger partial charge in [0.2, 0.25) is 5.82 Å². The minimum absolute atomic E-state index is 0.143. The van der Waals surface area contributed by atoms with Crippen LogP contribution in [0.4, 0.5) is 13.2 Å². The van der Waals surface area contributed by atoms with Gasteiger partial charge in [-0.05, 0) is 36.4 Å². The van der Waals surface area contributed by atoms with Gasteiger partial charge in [-0.2, -0.15) is 18.2 Å². The number of benzene rings is 3. The first-order valence-corrected chi connectivity index (χ1v) is 9.56. The number of nitrogens with zero attached hydrogens (tertiary/aromatic N) is 3. The van der Waals surface area contributed by atoms with Gasteiger partial charge in [0.1, 0.15) is 11.6 Å². The first-order chi connectivity index (χ1) is 15.4. The number of nitrogens with one attached hydrogen (secondary N) is 1. The van der Waals surface area contributed by atoms with Gasteiger partial charge in [-0.3, -0.25) is 0 Å². The molecule has 6 nitrogen and oxygen atoms in total. The van der Waals surface area contributed by atoms with Crippen molar-refractivity contribution in [1.29, 1.82) is 0 Å². The van der Waals surface area contributed by atoms with Gasteiger partial charge in [0.05, 0.1) is 23.7 Å². The van der Waals surface area contributed by atoms with Gasteiger partial charge in [-0.15, -0.1) is 0 Å². The Hall–Kier alpha value is -4.14. The fraction of sp³-hybridized carbons (Fsp3) is 0.0870. The molecule has 32 heavy (non-hydrogen) atoms. The number of ether oxygens (including phenoxy) is 1. The Kier molecular flexibility index (Phi) is 4.66. The molecule has 0 aliphatic carbocycles. The van der Waals surface area contributed by atoms with E-state index < -0.39 is 11.7 Å². The average Bonchev–Trinajstić information content (AvgIpc) is 3.46. The van der Waals surface area contributed by atoms with Crippen LogP contribution in [0.1, 0.15) is 5.56 Å². The van der Waals surface area contributed by atoms with E-state index in [4.69, 9.17) is 9.26 Å². The van der Waals surface area contributed by atoms with Crippen LogP contribution in [0.3, 0.4) is 0 Å². The molecule has 160 valence electrons. The van der Waals surface area contributed by atoms with E-state index in [2.05, 4.69) is 20.1 Å². The maximum Gasteiger partial charge on any atom is 0.416 e. The van der Waals surface area contributed by atoms with Gasteiger partial charge in [0, 0.05) is 22.8 Å². The van der Waals surface area contributed by atoms with Crippen LogP contribution in [0.5, 0.6) is 5.75 Å². The molecule has 0 amide bonds. The second kappa shape index (κ2) is 7.52. The molecule has 0 bridgehead atoms. The van der Waals surface area contributed by atoms with Crippen LogP contribution in [0.2, 0.25) is 0 Å². The summed E-state index contributed by atoms with van der Waals surface area (Å²) >= 11 is 0. The molecule has 0 unspecified atom stereocenters. The van der Waals surface area contributed by atoms with Gasteiger partial charge in [0.25, 0.3) is 5.89 Å². The minimum Gasteiger partial charge on any atom is -0.497 e. The Balaban J connectivity index is 1.38. The number of alkyl halides is 3. The van der Waals surface area contributed by atoms with Crippen LogP contribution < -0.4 is 4.74 Å². The first-order valence-electron chi connectivity index (χ1n) is 9.56. The van der Waals surface area contributed by atoms with Crippen molar-refractivity contribution in [3.05, 3.63) is 72.3 Å². The highest BCUT2D eigenvalue weighted by Gasteiger charge is 2.30. The molecule has 0 radical (unpaired) electrons. The highest BCUT2D eigenvalue weighted by atomic mass is 19.4. The molecule has 5 aromatic rings. The first kappa shape index (κ1) is 19.8. The summed E-state index contributed by atoms with van der Waals surface area (Å²) in [6.45, 7) is 0. The summed E-state index contributed by atoms with van der Waals surface area (Å²) in [5.41, 5.74) is 2.93. The van der Waals surface area contributed by atoms with E-state index in [1.54, 1.807) is 7.11 Å².